The molecule has 144 valence electrons. The van der Waals surface area contributed by atoms with Crippen LogP contribution in [0.15, 0.2) is 0 Å². The van der Waals surface area contributed by atoms with Crippen molar-refractivity contribution < 1.29 is 14.9 Å². The Labute approximate surface area is 153 Å². The minimum absolute atomic E-state index is 0.401. The summed E-state index contributed by atoms with van der Waals surface area (Å²) in [6, 6.07) is 0. The number of aliphatic hydroxyl groups is 2. The van der Waals surface area contributed by atoms with E-state index in [2.05, 4.69) is 6.92 Å². The van der Waals surface area contributed by atoms with Crippen LogP contribution in [-0.2, 0) is 4.74 Å². The highest BCUT2D eigenvalue weighted by Crippen LogP contribution is 2.65. The number of fused-ring (bicyclic) bond motifs is 5. The highest BCUT2D eigenvalue weighted by atomic mass is 16.5. The quantitative estimate of drug-likeness (QED) is 0.805. The second-order valence-electron chi connectivity index (χ2n) is 9.92. The van der Waals surface area contributed by atoms with Crippen LogP contribution in [0, 0.1) is 40.9 Å². The Hall–Kier alpha value is -0.120. The standard InChI is InChI=1S/C22H38O3/c1-3-22-11-9-18-17-8-10-21(24,14-25-2)12-15(17)4-6-19(18)20(22)7-5-16(22)13-23/h15-20,23-24H,3-14H2,1-2H3/t15-,16-,17+,18-,19-,20+,21-,22-/m1/s1. The van der Waals surface area contributed by atoms with Gasteiger partial charge in [-0.15, -0.1) is 0 Å². The molecule has 0 saturated heterocycles. The summed E-state index contributed by atoms with van der Waals surface area (Å²) in [5.41, 5.74) is -0.131. The molecule has 4 aliphatic carbocycles. The van der Waals surface area contributed by atoms with Crippen molar-refractivity contribution in [2.45, 2.75) is 76.7 Å². The number of hydrogen-bond donors (Lipinski definition) is 2. The number of hydrogen-bond acceptors (Lipinski definition) is 3. The fraction of sp³-hybridized carbons (Fsp3) is 1.00. The third kappa shape index (κ3) is 2.80. The highest BCUT2D eigenvalue weighted by molar-refractivity contribution is 5.08. The number of rotatable bonds is 4. The highest BCUT2D eigenvalue weighted by Gasteiger charge is 2.58. The first-order chi connectivity index (χ1) is 12.1. The molecule has 4 saturated carbocycles. The molecule has 0 aromatic rings. The van der Waals surface area contributed by atoms with Crippen molar-refractivity contribution in [2.75, 3.05) is 20.3 Å². The van der Waals surface area contributed by atoms with E-state index in [1.165, 1.54) is 51.4 Å². The van der Waals surface area contributed by atoms with E-state index >= 15 is 0 Å². The molecule has 0 bridgehead atoms. The first-order valence-electron chi connectivity index (χ1n) is 10.9. The van der Waals surface area contributed by atoms with Gasteiger partial charge >= 0.3 is 0 Å². The van der Waals surface area contributed by atoms with Gasteiger partial charge in [-0.1, -0.05) is 6.92 Å². The van der Waals surface area contributed by atoms with Crippen molar-refractivity contribution in [3.05, 3.63) is 0 Å². The minimum Gasteiger partial charge on any atom is -0.396 e. The van der Waals surface area contributed by atoms with E-state index < -0.39 is 5.60 Å². The van der Waals surface area contributed by atoms with E-state index in [0.717, 1.165) is 36.5 Å². The molecule has 4 aliphatic rings. The Morgan fingerprint density at radius 1 is 0.960 bits per heavy atom. The summed E-state index contributed by atoms with van der Waals surface area (Å²) in [5.74, 6) is 4.72. The Balaban J connectivity index is 1.51. The molecule has 3 heteroatoms. The SMILES string of the molecule is CC[C@]12CC[C@H]3[C@@H](CC[C@@H]4C[C@@](O)(COC)CC[C@@H]43)[C@@H]1CC[C@@H]2CO. The molecule has 3 nitrogen and oxygen atoms in total. The van der Waals surface area contributed by atoms with Crippen LogP contribution in [0.1, 0.15) is 71.1 Å². The monoisotopic (exact) mass is 350 g/mol. The third-order valence-electron chi connectivity index (χ3n) is 9.29. The van der Waals surface area contributed by atoms with Crippen LogP contribution in [0.5, 0.6) is 0 Å². The normalized spacial score (nSPS) is 52.3. The minimum atomic E-state index is -0.570. The predicted octanol–water partition coefficient (Wildman–Crippen LogP) is 4.02. The van der Waals surface area contributed by atoms with Crippen molar-refractivity contribution >= 4 is 0 Å². The fourth-order valence-electron chi connectivity index (χ4n) is 8.28. The summed E-state index contributed by atoms with van der Waals surface area (Å²) in [5, 5.41) is 20.8. The van der Waals surface area contributed by atoms with E-state index in [-0.39, 0.29) is 0 Å². The van der Waals surface area contributed by atoms with Crippen LogP contribution in [0.2, 0.25) is 0 Å². The van der Waals surface area contributed by atoms with Gasteiger partial charge in [-0.3, -0.25) is 0 Å². The molecular weight excluding hydrogens is 312 g/mol. The van der Waals surface area contributed by atoms with Crippen molar-refractivity contribution in [1.82, 2.24) is 0 Å². The molecule has 0 heterocycles. The van der Waals surface area contributed by atoms with E-state index in [1.807, 2.05) is 0 Å². The molecule has 0 aromatic heterocycles. The van der Waals surface area contributed by atoms with Gasteiger partial charge in [0.1, 0.15) is 0 Å². The molecule has 0 spiro atoms. The topological polar surface area (TPSA) is 49.7 Å². The lowest BCUT2D eigenvalue weighted by Crippen LogP contribution is -2.52. The first kappa shape index (κ1) is 18.3. The van der Waals surface area contributed by atoms with Gasteiger partial charge < -0.3 is 14.9 Å². The van der Waals surface area contributed by atoms with E-state index in [0.29, 0.717) is 30.5 Å². The fourth-order valence-corrected chi connectivity index (χ4v) is 8.28. The second-order valence-corrected chi connectivity index (χ2v) is 9.92. The Morgan fingerprint density at radius 3 is 2.48 bits per heavy atom. The lowest BCUT2D eigenvalue weighted by Gasteiger charge is -2.57. The van der Waals surface area contributed by atoms with Gasteiger partial charge in [-0.25, -0.2) is 0 Å². The lowest BCUT2D eigenvalue weighted by molar-refractivity contribution is -0.128. The Bertz CT molecular complexity index is 480. The van der Waals surface area contributed by atoms with Gasteiger partial charge in [-0.05, 0) is 105 Å². The molecule has 0 amide bonds. The largest absolute Gasteiger partial charge is 0.396 e. The van der Waals surface area contributed by atoms with Gasteiger partial charge in [0.15, 0.2) is 0 Å². The molecule has 0 aromatic carbocycles. The molecular formula is C22H38O3. The van der Waals surface area contributed by atoms with Crippen molar-refractivity contribution in [1.29, 1.82) is 0 Å². The predicted molar refractivity (Wildman–Crippen MR) is 99.1 cm³/mol. The van der Waals surface area contributed by atoms with E-state index in [1.54, 1.807) is 7.11 Å². The van der Waals surface area contributed by atoms with Crippen LogP contribution < -0.4 is 0 Å². The maximum Gasteiger partial charge on any atom is 0.0882 e. The number of aliphatic hydroxyl groups excluding tert-OH is 1. The molecule has 4 rings (SSSR count). The van der Waals surface area contributed by atoms with Crippen LogP contribution in [0.4, 0.5) is 0 Å². The molecule has 0 aliphatic heterocycles. The molecule has 4 fully saturated rings. The van der Waals surface area contributed by atoms with Crippen LogP contribution in [-0.4, -0.2) is 36.1 Å². The smallest absolute Gasteiger partial charge is 0.0882 e. The number of ether oxygens (including phenoxy) is 1. The molecule has 25 heavy (non-hydrogen) atoms. The van der Waals surface area contributed by atoms with Crippen molar-refractivity contribution in [3.63, 3.8) is 0 Å². The van der Waals surface area contributed by atoms with Gasteiger partial charge in [0.2, 0.25) is 0 Å². The van der Waals surface area contributed by atoms with Gasteiger partial charge in [0, 0.05) is 13.7 Å². The molecule has 0 unspecified atom stereocenters. The summed E-state index contributed by atoms with van der Waals surface area (Å²) in [6.07, 6.45) is 12.3. The number of methoxy groups -OCH3 is 1. The third-order valence-corrected chi connectivity index (χ3v) is 9.29. The van der Waals surface area contributed by atoms with E-state index in [9.17, 15) is 10.2 Å². The second kappa shape index (κ2) is 6.80. The zero-order chi connectivity index (χ0) is 17.7. The van der Waals surface area contributed by atoms with Crippen molar-refractivity contribution in [3.8, 4) is 0 Å². The summed E-state index contributed by atoms with van der Waals surface area (Å²) >= 11 is 0. The van der Waals surface area contributed by atoms with Gasteiger partial charge in [0.25, 0.3) is 0 Å². The molecule has 2 N–H and O–H groups in total. The first-order valence-corrected chi connectivity index (χ1v) is 10.9. The van der Waals surface area contributed by atoms with Gasteiger partial charge in [0.05, 0.1) is 12.2 Å². The van der Waals surface area contributed by atoms with Crippen LogP contribution >= 0.6 is 0 Å². The van der Waals surface area contributed by atoms with Gasteiger partial charge in [-0.2, -0.15) is 0 Å². The maximum atomic E-state index is 10.8. The zero-order valence-electron chi connectivity index (χ0n) is 16.3. The van der Waals surface area contributed by atoms with Crippen molar-refractivity contribution in [2.24, 2.45) is 40.9 Å². The van der Waals surface area contributed by atoms with Crippen LogP contribution in [0.25, 0.3) is 0 Å². The summed E-state index contributed by atoms with van der Waals surface area (Å²) in [6.45, 7) is 3.28. The average Bonchev–Trinajstić information content (AvgIpc) is 3.00. The molecule has 0 radical (unpaired) electrons. The zero-order valence-corrected chi connectivity index (χ0v) is 16.3. The summed E-state index contributed by atoms with van der Waals surface area (Å²) in [4.78, 5) is 0. The summed E-state index contributed by atoms with van der Waals surface area (Å²) < 4.78 is 5.31. The Kier molecular flexibility index (Phi) is 4.96. The average molecular weight is 351 g/mol. The van der Waals surface area contributed by atoms with E-state index in [4.69, 9.17) is 4.74 Å². The summed E-state index contributed by atoms with van der Waals surface area (Å²) in [7, 11) is 1.71. The Morgan fingerprint density at radius 2 is 1.76 bits per heavy atom. The lowest BCUT2D eigenvalue weighted by atomic mass is 9.48. The maximum absolute atomic E-state index is 10.8. The van der Waals surface area contributed by atoms with Crippen LogP contribution in [0.3, 0.4) is 0 Å². The molecule has 8 atom stereocenters.